The Morgan fingerprint density at radius 2 is 2.11 bits per heavy atom. The molecule has 0 unspecified atom stereocenters. The van der Waals surface area contributed by atoms with Gasteiger partial charge in [0.05, 0.1) is 18.9 Å². The Labute approximate surface area is 110 Å². The number of ether oxygens (including phenoxy) is 1. The summed E-state index contributed by atoms with van der Waals surface area (Å²) in [6.07, 6.45) is 3.47. The molecule has 1 fully saturated rings. The fourth-order valence-corrected chi connectivity index (χ4v) is 2.35. The Morgan fingerprint density at radius 3 is 2.79 bits per heavy atom. The van der Waals surface area contributed by atoms with Crippen molar-refractivity contribution in [2.24, 2.45) is 0 Å². The number of fused-ring (bicyclic) bond motifs is 1. The molecule has 6 heteroatoms. The topological polar surface area (TPSA) is 67.1 Å². The number of aromatic nitrogens is 2. The minimum Gasteiger partial charge on any atom is -0.476 e. The molecule has 0 amide bonds. The van der Waals surface area contributed by atoms with Crippen molar-refractivity contribution in [1.82, 2.24) is 9.38 Å². The monoisotopic (exact) mass is 261 g/mol. The van der Waals surface area contributed by atoms with Crippen LogP contribution in [0.15, 0.2) is 18.5 Å². The Balaban J connectivity index is 2.05. The number of imidazole rings is 1. The summed E-state index contributed by atoms with van der Waals surface area (Å²) in [7, 11) is 0. The summed E-state index contributed by atoms with van der Waals surface area (Å²) in [5, 5.41) is 8.99. The number of carboxylic acids is 1. The van der Waals surface area contributed by atoms with Gasteiger partial charge in [0.15, 0.2) is 5.69 Å². The lowest BCUT2D eigenvalue weighted by Crippen LogP contribution is -2.36. The van der Waals surface area contributed by atoms with Gasteiger partial charge in [0.2, 0.25) is 0 Å². The first-order chi connectivity index (χ1) is 9.15. The highest BCUT2D eigenvalue weighted by Crippen LogP contribution is 2.21. The van der Waals surface area contributed by atoms with Crippen LogP contribution in [-0.4, -0.2) is 46.8 Å². The molecule has 0 aromatic carbocycles. The summed E-state index contributed by atoms with van der Waals surface area (Å²) in [5.74, 6) is -1.00. The molecule has 1 saturated heterocycles. The van der Waals surface area contributed by atoms with Crippen LogP contribution in [0.25, 0.3) is 5.65 Å². The average molecular weight is 261 g/mol. The molecular formula is C13H15N3O3. The summed E-state index contributed by atoms with van der Waals surface area (Å²) >= 11 is 0. The molecule has 0 atom stereocenters. The third-order valence-corrected chi connectivity index (χ3v) is 3.32. The van der Waals surface area contributed by atoms with Gasteiger partial charge in [-0.1, -0.05) is 0 Å². The molecule has 6 nitrogen and oxygen atoms in total. The smallest absolute Gasteiger partial charge is 0.356 e. The summed E-state index contributed by atoms with van der Waals surface area (Å²) in [6, 6.07) is 2.04. The number of rotatable bonds is 2. The van der Waals surface area contributed by atoms with E-state index in [1.807, 2.05) is 19.2 Å². The molecule has 0 bridgehead atoms. The lowest BCUT2D eigenvalue weighted by molar-refractivity contribution is 0.0691. The van der Waals surface area contributed by atoms with E-state index in [4.69, 9.17) is 9.84 Å². The van der Waals surface area contributed by atoms with Crippen LogP contribution < -0.4 is 4.90 Å². The van der Waals surface area contributed by atoms with Gasteiger partial charge in [0, 0.05) is 25.5 Å². The van der Waals surface area contributed by atoms with E-state index < -0.39 is 5.97 Å². The van der Waals surface area contributed by atoms with E-state index in [1.54, 1.807) is 10.6 Å². The molecule has 0 radical (unpaired) electrons. The maximum Gasteiger partial charge on any atom is 0.356 e. The van der Waals surface area contributed by atoms with Gasteiger partial charge in [0.1, 0.15) is 5.65 Å². The van der Waals surface area contributed by atoms with Gasteiger partial charge in [0.25, 0.3) is 0 Å². The molecule has 1 aliphatic rings. The summed E-state index contributed by atoms with van der Waals surface area (Å²) < 4.78 is 7.12. The molecule has 2 aromatic rings. The third kappa shape index (κ3) is 2.15. The molecule has 3 rings (SSSR count). The molecule has 0 aliphatic carbocycles. The van der Waals surface area contributed by atoms with Crippen LogP contribution in [0.4, 0.5) is 5.69 Å². The molecule has 100 valence electrons. The van der Waals surface area contributed by atoms with Crippen molar-refractivity contribution in [1.29, 1.82) is 0 Å². The van der Waals surface area contributed by atoms with E-state index in [0.717, 1.165) is 37.6 Å². The lowest BCUT2D eigenvalue weighted by atomic mass is 10.2. The normalized spacial score (nSPS) is 15.9. The molecule has 1 aliphatic heterocycles. The van der Waals surface area contributed by atoms with Crippen molar-refractivity contribution < 1.29 is 14.6 Å². The maximum absolute atomic E-state index is 11.0. The predicted octanol–water partition coefficient (Wildman–Crippen LogP) is 1.18. The molecule has 2 aromatic heterocycles. The Morgan fingerprint density at radius 1 is 1.37 bits per heavy atom. The quantitative estimate of drug-likeness (QED) is 0.879. The first-order valence-corrected chi connectivity index (χ1v) is 6.20. The molecule has 19 heavy (non-hydrogen) atoms. The van der Waals surface area contributed by atoms with E-state index in [2.05, 4.69) is 9.88 Å². The average Bonchev–Trinajstić information content (AvgIpc) is 2.84. The summed E-state index contributed by atoms with van der Waals surface area (Å²) in [6.45, 7) is 5.09. The Hall–Kier alpha value is -2.08. The van der Waals surface area contributed by atoms with Crippen LogP contribution in [0.5, 0.6) is 0 Å². The fourth-order valence-electron chi connectivity index (χ4n) is 2.35. The standard InChI is InChI=1S/C13H15N3O3/c1-9-6-10(15-2-4-19-5-3-15)7-16-8-11(13(17)18)14-12(9)16/h6-8H,2-5H2,1H3,(H,17,18). The van der Waals surface area contributed by atoms with E-state index >= 15 is 0 Å². The highest BCUT2D eigenvalue weighted by molar-refractivity contribution is 5.86. The molecule has 1 N–H and O–H groups in total. The number of hydrogen-bond acceptors (Lipinski definition) is 4. The first kappa shape index (κ1) is 12.0. The summed E-state index contributed by atoms with van der Waals surface area (Å²) in [5.41, 5.74) is 2.80. The van der Waals surface area contributed by atoms with Crippen molar-refractivity contribution in [3.05, 3.63) is 29.7 Å². The number of morpholine rings is 1. The van der Waals surface area contributed by atoms with Crippen molar-refractivity contribution in [3.63, 3.8) is 0 Å². The minimum absolute atomic E-state index is 0.0715. The predicted molar refractivity (Wildman–Crippen MR) is 69.9 cm³/mol. The van der Waals surface area contributed by atoms with E-state index in [1.165, 1.54) is 0 Å². The zero-order chi connectivity index (χ0) is 13.4. The van der Waals surface area contributed by atoms with Crippen LogP contribution in [0.1, 0.15) is 16.1 Å². The van der Waals surface area contributed by atoms with Gasteiger partial charge < -0.3 is 19.1 Å². The van der Waals surface area contributed by atoms with Gasteiger partial charge in [-0.3, -0.25) is 0 Å². The van der Waals surface area contributed by atoms with Gasteiger partial charge in [-0.15, -0.1) is 0 Å². The molecule has 0 saturated carbocycles. The van der Waals surface area contributed by atoms with E-state index in [9.17, 15) is 4.79 Å². The number of hydrogen-bond donors (Lipinski definition) is 1. The van der Waals surface area contributed by atoms with Crippen molar-refractivity contribution >= 4 is 17.3 Å². The first-order valence-electron chi connectivity index (χ1n) is 6.20. The largest absolute Gasteiger partial charge is 0.476 e. The molecule has 3 heterocycles. The number of aryl methyl sites for hydroxylation is 1. The van der Waals surface area contributed by atoms with Crippen LogP contribution >= 0.6 is 0 Å². The molecular weight excluding hydrogens is 246 g/mol. The number of nitrogens with zero attached hydrogens (tertiary/aromatic N) is 3. The number of anilines is 1. The third-order valence-electron chi connectivity index (χ3n) is 3.32. The minimum atomic E-state index is -1.00. The Kier molecular flexibility index (Phi) is 2.87. The second-order valence-corrected chi connectivity index (χ2v) is 4.64. The van der Waals surface area contributed by atoms with Crippen LogP contribution in [-0.2, 0) is 4.74 Å². The zero-order valence-electron chi connectivity index (χ0n) is 10.7. The summed E-state index contributed by atoms with van der Waals surface area (Å²) in [4.78, 5) is 17.3. The van der Waals surface area contributed by atoms with Crippen LogP contribution in [0, 0.1) is 6.92 Å². The number of aromatic carboxylic acids is 1. The maximum atomic E-state index is 11.0. The number of carbonyl (C=O) groups is 1. The van der Waals surface area contributed by atoms with E-state index in [0.29, 0.717) is 5.65 Å². The highest BCUT2D eigenvalue weighted by atomic mass is 16.5. The second kappa shape index (κ2) is 4.55. The zero-order valence-corrected chi connectivity index (χ0v) is 10.7. The van der Waals surface area contributed by atoms with Gasteiger partial charge >= 0.3 is 5.97 Å². The number of carboxylic acid groups (broad SMARTS) is 1. The van der Waals surface area contributed by atoms with Gasteiger partial charge in [-0.25, -0.2) is 9.78 Å². The van der Waals surface area contributed by atoms with Crippen molar-refractivity contribution in [2.45, 2.75) is 6.92 Å². The molecule has 0 spiro atoms. The van der Waals surface area contributed by atoms with Crippen LogP contribution in [0.3, 0.4) is 0 Å². The lowest BCUT2D eigenvalue weighted by Gasteiger charge is -2.29. The SMILES string of the molecule is Cc1cc(N2CCOCC2)cn2cc(C(=O)O)nc12. The van der Waals surface area contributed by atoms with Crippen molar-refractivity contribution in [2.75, 3.05) is 31.2 Å². The number of pyridine rings is 1. The Bertz CT molecular complexity index is 629. The fraction of sp³-hybridized carbons (Fsp3) is 0.385. The van der Waals surface area contributed by atoms with Crippen molar-refractivity contribution in [3.8, 4) is 0 Å². The second-order valence-electron chi connectivity index (χ2n) is 4.64. The van der Waals surface area contributed by atoms with Crippen LogP contribution in [0.2, 0.25) is 0 Å². The highest BCUT2D eigenvalue weighted by Gasteiger charge is 2.15. The van der Waals surface area contributed by atoms with Gasteiger partial charge in [-0.05, 0) is 18.6 Å². The van der Waals surface area contributed by atoms with E-state index in [-0.39, 0.29) is 5.69 Å². The van der Waals surface area contributed by atoms with Gasteiger partial charge in [-0.2, -0.15) is 0 Å².